The molecule has 0 bridgehead atoms. The van der Waals surface area contributed by atoms with Gasteiger partial charge in [-0.25, -0.2) is 9.97 Å². The van der Waals surface area contributed by atoms with Gasteiger partial charge in [0, 0.05) is 22.7 Å². The SMILES string of the molecule is C[S@](=O)Cc1ccccc1NC(=O)c1cnc(Cl)cn1. The summed E-state index contributed by atoms with van der Waals surface area (Å²) in [5.74, 6) is -0.00792. The number of hydrogen-bond acceptors (Lipinski definition) is 4. The van der Waals surface area contributed by atoms with Gasteiger partial charge in [-0.15, -0.1) is 0 Å². The van der Waals surface area contributed by atoms with E-state index in [2.05, 4.69) is 15.3 Å². The molecule has 0 aliphatic rings. The summed E-state index contributed by atoms with van der Waals surface area (Å²) in [7, 11) is -0.986. The minimum Gasteiger partial charge on any atom is -0.320 e. The minimum absolute atomic E-state index is 0.168. The van der Waals surface area contributed by atoms with E-state index >= 15 is 0 Å². The first-order valence-electron chi connectivity index (χ1n) is 5.73. The zero-order valence-electron chi connectivity index (χ0n) is 10.7. The summed E-state index contributed by atoms with van der Waals surface area (Å²) < 4.78 is 11.3. The van der Waals surface area contributed by atoms with Crippen molar-refractivity contribution in [2.45, 2.75) is 5.75 Å². The van der Waals surface area contributed by atoms with Gasteiger partial charge in [-0.2, -0.15) is 0 Å². The van der Waals surface area contributed by atoms with Gasteiger partial charge in [-0.1, -0.05) is 29.8 Å². The zero-order chi connectivity index (χ0) is 14.5. The molecular formula is C13H12ClN3O2S. The highest BCUT2D eigenvalue weighted by molar-refractivity contribution is 7.83. The van der Waals surface area contributed by atoms with E-state index in [1.54, 1.807) is 18.4 Å². The lowest BCUT2D eigenvalue weighted by Crippen LogP contribution is -2.15. The molecule has 1 atom stereocenters. The molecule has 0 spiro atoms. The fourth-order valence-electron chi connectivity index (χ4n) is 1.60. The molecule has 5 nitrogen and oxygen atoms in total. The molecule has 0 aliphatic heterocycles. The van der Waals surface area contributed by atoms with Crippen LogP contribution in [0.4, 0.5) is 5.69 Å². The largest absolute Gasteiger partial charge is 0.320 e. The lowest BCUT2D eigenvalue weighted by Gasteiger charge is -2.09. The van der Waals surface area contributed by atoms with Gasteiger partial charge in [0.05, 0.1) is 18.1 Å². The number of para-hydroxylation sites is 1. The Morgan fingerprint density at radius 1 is 1.30 bits per heavy atom. The van der Waals surface area contributed by atoms with Crippen molar-refractivity contribution in [3.8, 4) is 0 Å². The summed E-state index contributed by atoms with van der Waals surface area (Å²) in [5.41, 5.74) is 1.59. The van der Waals surface area contributed by atoms with Crippen LogP contribution in [-0.2, 0) is 16.6 Å². The second-order valence-electron chi connectivity index (χ2n) is 4.05. The number of nitrogens with one attached hydrogen (secondary N) is 1. The number of halogens is 1. The first-order chi connectivity index (χ1) is 9.56. The molecule has 1 amide bonds. The molecule has 1 aromatic carbocycles. The van der Waals surface area contributed by atoms with Crippen LogP contribution >= 0.6 is 11.6 Å². The molecule has 20 heavy (non-hydrogen) atoms. The van der Waals surface area contributed by atoms with Crippen LogP contribution in [0.1, 0.15) is 16.1 Å². The van der Waals surface area contributed by atoms with Crippen molar-refractivity contribution in [2.75, 3.05) is 11.6 Å². The molecule has 2 aromatic rings. The van der Waals surface area contributed by atoms with Crippen molar-refractivity contribution < 1.29 is 9.00 Å². The van der Waals surface area contributed by atoms with E-state index in [0.717, 1.165) is 5.56 Å². The van der Waals surface area contributed by atoms with Gasteiger partial charge in [0.15, 0.2) is 0 Å². The van der Waals surface area contributed by atoms with Gasteiger partial charge in [0.25, 0.3) is 5.91 Å². The average molecular weight is 310 g/mol. The smallest absolute Gasteiger partial charge is 0.275 e. The normalized spacial score (nSPS) is 11.9. The highest BCUT2D eigenvalue weighted by Gasteiger charge is 2.11. The summed E-state index contributed by atoms with van der Waals surface area (Å²) in [4.78, 5) is 19.7. The number of carbonyl (C=O) groups is 1. The van der Waals surface area contributed by atoms with Crippen LogP contribution in [-0.4, -0.2) is 26.3 Å². The summed E-state index contributed by atoms with van der Waals surface area (Å²) in [6.45, 7) is 0. The Hall–Kier alpha value is -1.79. The Morgan fingerprint density at radius 2 is 2.05 bits per heavy atom. The molecule has 2 rings (SSSR count). The lowest BCUT2D eigenvalue weighted by atomic mass is 10.2. The van der Waals surface area contributed by atoms with E-state index in [1.807, 2.05) is 12.1 Å². The van der Waals surface area contributed by atoms with E-state index in [0.29, 0.717) is 11.4 Å². The quantitative estimate of drug-likeness (QED) is 0.940. The molecular weight excluding hydrogens is 298 g/mol. The summed E-state index contributed by atoms with van der Waals surface area (Å²) >= 11 is 5.62. The Morgan fingerprint density at radius 3 is 2.70 bits per heavy atom. The van der Waals surface area contributed by atoms with Crippen molar-refractivity contribution in [2.24, 2.45) is 0 Å². The number of hydrogen-bond donors (Lipinski definition) is 1. The van der Waals surface area contributed by atoms with Gasteiger partial charge in [0.1, 0.15) is 10.8 Å². The number of benzene rings is 1. The predicted octanol–water partition coefficient (Wildman–Crippen LogP) is 2.26. The molecule has 0 saturated heterocycles. The summed E-state index contributed by atoms with van der Waals surface area (Å²) in [6.07, 6.45) is 4.23. The van der Waals surface area contributed by atoms with E-state index in [1.165, 1.54) is 12.4 Å². The highest BCUT2D eigenvalue weighted by atomic mass is 35.5. The summed E-state index contributed by atoms with van der Waals surface area (Å²) in [6, 6.07) is 7.21. The predicted molar refractivity (Wildman–Crippen MR) is 79.2 cm³/mol. The Bertz CT molecular complexity index is 646. The van der Waals surface area contributed by atoms with Gasteiger partial charge < -0.3 is 5.32 Å². The molecule has 7 heteroatoms. The highest BCUT2D eigenvalue weighted by Crippen LogP contribution is 2.17. The fourth-order valence-corrected chi connectivity index (χ4v) is 2.39. The van der Waals surface area contributed by atoms with Crippen LogP contribution in [0.15, 0.2) is 36.7 Å². The van der Waals surface area contributed by atoms with Crippen molar-refractivity contribution in [1.82, 2.24) is 9.97 Å². The molecule has 0 aliphatic carbocycles. The monoisotopic (exact) mass is 309 g/mol. The van der Waals surface area contributed by atoms with E-state index in [4.69, 9.17) is 11.6 Å². The topological polar surface area (TPSA) is 72.0 Å². The van der Waals surface area contributed by atoms with Crippen LogP contribution in [0.25, 0.3) is 0 Å². The molecule has 1 heterocycles. The van der Waals surface area contributed by atoms with Crippen LogP contribution in [0.5, 0.6) is 0 Å². The van der Waals surface area contributed by atoms with Crippen molar-refractivity contribution in [3.05, 3.63) is 53.1 Å². The molecule has 0 unspecified atom stereocenters. The maximum absolute atomic E-state index is 12.0. The van der Waals surface area contributed by atoms with Crippen LogP contribution < -0.4 is 5.32 Å². The standard InChI is InChI=1S/C13H12ClN3O2S/c1-20(19)8-9-4-2-3-5-10(9)17-13(18)11-6-16-12(14)7-15-11/h2-7H,8H2,1H3,(H,17,18)/t20-/m0/s1. The average Bonchev–Trinajstić information content (AvgIpc) is 2.41. The third kappa shape index (κ3) is 3.85. The Balaban J connectivity index is 2.19. The van der Waals surface area contributed by atoms with Gasteiger partial charge >= 0.3 is 0 Å². The van der Waals surface area contributed by atoms with Crippen molar-refractivity contribution >= 4 is 34.0 Å². The number of nitrogens with zero attached hydrogens (tertiary/aromatic N) is 2. The Labute approximate surface area is 123 Å². The maximum Gasteiger partial charge on any atom is 0.275 e. The third-order valence-electron chi connectivity index (χ3n) is 2.48. The van der Waals surface area contributed by atoms with Crippen molar-refractivity contribution in [1.29, 1.82) is 0 Å². The van der Waals surface area contributed by atoms with Crippen LogP contribution in [0.3, 0.4) is 0 Å². The number of aromatic nitrogens is 2. The number of rotatable bonds is 4. The molecule has 0 radical (unpaired) electrons. The van der Waals surface area contributed by atoms with E-state index < -0.39 is 10.8 Å². The van der Waals surface area contributed by atoms with Gasteiger partial charge in [-0.3, -0.25) is 9.00 Å². The Kier molecular flexibility index (Phi) is 4.81. The van der Waals surface area contributed by atoms with Crippen LogP contribution in [0.2, 0.25) is 5.15 Å². The second kappa shape index (κ2) is 6.58. The third-order valence-corrected chi connectivity index (χ3v) is 3.39. The number of anilines is 1. The second-order valence-corrected chi connectivity index (χ2v) is 5.88. The zero-order valence-corrected chi connectivity index (χ0v) is 12.2. The van der Waals surface area contributed by atoms with Crippen molar-refractivity contribution in [3.63, 3.8) is 0 Å². The van der Waals surface area contributed by atoms with E-state index in [-0.39, 0.29) is 16.8 Å². The number of amides is 1. The summed E-state index contributed by atoms with van der Waals surface area (Å²) in [5, 5.41) is 2.96. The number of carbonyl (C=O) groups excluding carboxylic acids is 1. The lowest BCUT2D eigenvalue weighted by molar-refractivity contribution is 0.102. The molecule has 0 fully saturated rings. The van der Waals surface area contributed by atoms with E-state index in [9.17, 15) is 9.00 Å². The molecule has 1 N–H and O–H groups in total. The molecule has 104 valence electrons. The van der Waals surface area contributed by atoms with Crippen LogP contribution in [0, 0.1) is 0 Å². The van der Waals surface area contributed by atoms with Gasteiger partial charge in [0.2, 0.25) is 0 Å². The maximum atomic E-state index is 12.0. The first kappa shape index (κ1) is 14.6. The first-order valence-corrected chi connectivity index (χ1v) is 7.83. The van der Waals surface area contributed by atoms with Gasteiger partial charge in [-0.05, 0) is 11.6 Å². The molecule has 0 saturated carbocycles. The molecule has 1 aromatic heterocycles. The fraction of sp³-hybridized carbons (Fsp3) is 0.154. The minimum atomic E-state index is -0.986.